The third kappa shape index (κ3) is 4.11. The van der Waals surface area contributed by atoms with Crippen molar-refractivity contribution in [1.29, 1.82) is 0 Å². The van der Waals surface area contributed by atoms with E-state index in [0.717, 1.165) is 74.5 Å². The summed E-state index contributed by atoms with van der Waals surface area (Å²) in [5.41, 5.74) is 14.4. The van der Waals surface area contributed by atoms with Crippen LogP contribution in [0.15, 0.2) is 18.3 Å². The number of carbonyl (C=O) groups is 1. The second kappa shape index (κ2) is 8.23. The molecule has 2 fully saturated rings. The summed E-state index contributed by atoms with van der Waals surface area (Å²) in [4.78, 5) is 30.3. The molecule has 154 valence electrons. The highest BCUT2D eigenvalue weighted by molar-refractivity contribution is 5.81. The molecule has 0 spiro atoms. The molecule has 8 nitrogen and oxygen atoms in total. The Balaban J connectivity index is 1.53. The van der Waals surface area contributed by atoms with Crippen LogP contribution >= 0.6 is 0 Å². The predicted octanol–water partition coefficient (Wildman–Crippen LogP) is 2.24. The van der Waals surface area contributed by atoms with Crippen LogP contribution in [0.4, 0.5) is 17.6 Å². The van der Waals surface area contributed by atoms with Crippen LogP contribution in [0.3, 0.4) is 0 Å². The minimum Gasteiger partial charge on any atom is -0.384 e. The number of piperidine rings is 2. The van der Waals surface area contributed by atoms with E-state index in [-0.39, 0.29) is 11.9 Å². The zero-order valence-corrected chi connectivity index (χ0v) is 17.0. The van der Waals surface area contributed by atoms with Gasteiger partial charge in [0.1, 0.15) is 11.6 Å². The Labute approximate surface area is 171 Å². The SMILES string of the molecule is Cc1nc(N)nc(N2CCC(C(=O)N3CCCCC3)CC2)c1-c1ccc(N)nc1. The molecule has 29 heavy (non-hydrogen) atoms. The van der Waals surface area contributed by atoms with Gasteiger partial charge < -0.3 is 21.3 Å². The van der Waals surface area contributed by atoms with Crippen LogP contribution in [0.25, 0.3) is 11.1 Å². The van der Waals surface area contributed by atoms with E-state index < -0.39 is 0 Å². The van der Waals surface area contributed by atoms with Gasteiger partial charge in [-0.15, -0.1) is 0 Å². The Morgan fingerprint density at radius 3 is 2.41 bits per heavy atom. The molecule has 0 radical (unpaired) electrons. The highest BCUT2D eigenvalue weighted by Gasteiger charge is 2.31. The number of likely N-dealkylation sites (tertiary alicyclic amines) is 1. The molecule has 4 rings (SSSR count). The minimum atomic E-state index is 0.103. The Morgan fingerprint density at radius 2 is 1.76 bits per heavy atom. The summed E-state index contributed by atoms with van der Waals surface area (Å²) in [6.07, 6.45) is 6.90. The predicted molar refractivity (Wildman–Crippen MR) is 114 cm³/mol. The maximum atomic E-state index is 12.9. The molecule has 1 amide bonds. The van der Waals surface area contributed by atoms with Gasteiger partial charge in [-0.05, 0) is 51.2 Å². The number of nitrogens with zero attached hydrogens (tertiary/aromatic N) is 5. The number of pyridine rings is 1. The van der Waals surface area contributed by atoms with Crippen molar-refractivity contribution in [3.63, 3.8) is 0 Å². The first-order valence-electron chi connectivity index (χ1n) is 10.4. The van der Waals surface area contributed by atoms with Gasteiger partial charge >= 0.3 is 0 Å². The number of hydrogen-bond acceptors (Lipinski definition) is 7. The maximum absolute atomic E-state index is 12.9. The highest BCUT2D eigenvalue weighted by Crippen LogP contribution is 2.34. The van der Waals surface area contributed by atoms with Crippen molar-refractivity contribution in [2.24, 2.45) is 5.92 Å². The number of hydrogen-bond donors (Lipinski definition) is 2. The average molecular weight is 396 g/mol. The molecule has 0 unspecified atom stereocenters. The van der Waals surface area contributed by atoms with E-state index >= 15 is 0 Å². The Morgan fingerprint density at radius 1 is 1.03 bits per heavy atom. The topological polar surface area (TPSA) is 114 Å². The van der Waals surface area contributed by atoms with Gasteiger partial charge in [0.25, 0.3) is 0 Å². The molecule has 2 saturated heterocycles. The average Bonchev–Trinajstić information content (AvgIpc) is 2.74. The molecule has 0 saturated carbocycles. The molecule has 4 N–H and O–H groups in total. The van der Waals surface area contributed by atoms with E-state index in [2.05, 4.69) is 24.8 Å². The number of amides is 1. The first-order valence-corrected chi connectivity index (χ1v) is 10.4. The quantitative estimate of drug-likeness (QED) is 0.819. The van der Waals surface area contributed by atoms with E-state index in [1.807, 2.05) is 13.0 Å². The standard InChI is InChI=1S/C21H29N7O/c1-14-18(16-5-6-17(22)24-13-16)19(26-21(23)25-14)27-11-7-15(8-12-27)20(29)28-9-3-2-4-10-28/h5-6,13,15H,2-4,7-12H2,1H3,(H2,22,24)(H2,23,25,26). The smallest absolute Gasteiger partial charge is 0.225 e. The van der Waals surface area contributed by atoms with Crippen molar-refractivity contribution in [2.75, 3.05) is 42.5 Å². The van der Waals surface area contributed by atoms with Gasteiger partial charge in [-0.2, -0.15) is 4.98 Å². The number of aromatic nitrogens is 3. The minimum absolute atomic E-state index is 0.103. The Kier molecular flexibility index (Phi) is 5.51. The van der Waals surface area contributed by atoms with Crippen LogP contribution in [0.1, 0.15) is 37.8 Å². The summed E-state index contributed by atoms with van der Waals surface area (Å²) < 4.78 is 0. The summed E-state index contributed by atoms with van der Waals surface area (Å²) in [6.45, 7) is 5.30. The fourth-order valence-electron chi connectivity index (χ4n) is 4.41. The Hall–Kier alpha value is -2.90. The van der Waals surface area contributed by atoms with Gasteiger partial charge in [0.15, 0.2) is 0 Å². The molecule has 2 aliphatic rings. The maximum Gasteiger partial charge on any atom is 0.225 e. The molecule has 0 aliphatic carbocycles. The van der Waals surface area contributed by atoms with E-state index in [0.29, 0.717) is 11.7 Å². The second-order valence-corrected chi connectivity index (χ2v) is 7.98. The number of nitrogen functional groups attached to an aromatic ring is 2. The summed E-state index contributed by atoms with van der Waals surface area (Å²) in [7, 11) is 0. The van der Waals surface area contributed by atoms with Crippen molar-refractivity contribution in [1.82, 2.24) is 19.9 Å². The molecule has 2 aliphatic heterocycles. The van der Waals surface area contributed by atoms with Crippen LogP contribution in [0, 0.1) is 12.8 Å². The summed E-state index contributed by atoms with van der Waals surface area (Å²) >= 11 is 0. The zero-order valence-electron chi connectivity index (χ0n) is 17.0. The van der Waals surface area contributed by atoms with E-state index in [9.17, 15) is 4.79 Å². The lowest BCUT2D eigenvalue weighted by Gasteiger charge is -2.36. The highest BCUT2D eigenvalue weighted by atomic mass is 16.2. The normalized spacial score (nSPS) is 18.1. The van der Waals surface area contributed by atoms with Crippen molar-refractivity contribution in [2.45, 2.75) is 39.0 Å². The largest absolute Gasteiger partial charge is 0.384 e. The molecule has 0 aromatic carbocycles. The van der Waals surface area contributed by atoms with Crippen molar-refractivity contribution < 1.29 is 4.79 Å². The van der Waals surface area contributed by atoms with Gasteiger partial charge in [0, 0.05) is 49.4 Å². The summed E-state index contributed by atoms with van der Waals surface area (Å²) in [5, 5.41) is 0. The number of aryl methyl sites for hydroxylation is 1. The summed E-state index contributed by atoms with van der Waals surface area (Å²) in [6, 6.07) is 3.71. The first kappa shape index (κ1) is 19.4. The van der Waals surface area contributed by atoms with Gasteiger partial charge in [0.2, 0.25) is 11.9 Å². The van der Waals surface area contributed by atoms with E-state index in [4.69, 9.17) is 11.5 Å². The van der Waals surface area contributed by atoms with Crippen LogP contribution in [0.5, 0.6) is 0 Å². The number of nitrogens with two attached hydrogens (primary N) is 2. The lowest BCUT2D eigenvalue weighted by atomic mass is 9.93. The third-order valence-corrected chi connectivity index (χ3v) is 5.97. The van der Waals surface area contributed by atoms with Gasteiger partial charge in [-0.3, -0.25) is 4.79 Å². The van der Waals surface area contributed by atoms with Crippen LogP contribution < -0.4 is 16.4 Å². The van der Waals surface area contributed by atoms with Crippen molar-refractivity contribution in [3.8, 4) is 11.1 Å². The molecule has 4 heterocycles. The van der Waals surface area contributed by atoms with Gasteiger partial charge in [0.05, 0.1) is 5.69 Å². The molecular weight excluding hydrogens is 366 g/mol. The van der Waals surface area contributed by atoms with Gasteiger partial charge in [-0.1, -0.05) is 0 Å². The third-order valence-electron chi connectivity index (χ3n) is 5.97. The van der Waals surface area contributed by atoms with Crippen molar-refractivity contribution in [3.05, 3.63) is 24.0 Å². The lowest BCUT2D eigenvalue weighted by molar-refractivity contribution is -0.137. The fourth-order valence-corrected chi connectivity index (χ4v) is 4.41. The number of rotatable bonds is 3. The van der Waals surface area contributed by atoms with E-state index in [1.165, 1.54) is 6.42 Å². The molecule has 2 aromatic heterocycles. The molecule has 0 atom stereocenters. The van der Waals surface area contributed by atoms with Crippen LogP contribution in [-0.2, 0) is 4.79 Å². The zero-order chi connectivity index (χ0) is 20.4. The summed E-state index contributed by atoms with van der Waals surface area (Å²) in [5.74, 6) is 1.97. The van der Waals surface area contributed by atoms with E-state index in [1.54, 1.807) is 12.3 Å². The van der Waals surface area contributed by atoms with Crippen LogP contribution in [-0.4, -0.2) is 51.9 Å². The second-order valence-electron chi connectivity index (χ2n) is 7.98. The van der Waals surface area contributed by atoms with Crippen LogP contribution in [0.2, 0.25) is 0 Å². The van der Waals surface area contributed by atoms with Gasteiger partial charge in [-0.25, -0.2) is 9.97 Å². The monoisotopic (exact) mass is 395 g/mol. The number of anilines is 3. The molecule has 0 bridgehead atoms. The lowest BCUT2D eigenvalue weighted by Crippen LogP contribution is -2.44. The molecular formula is C21H29N7O. The number of carbonyl (C=O) groups excluding carboxylic acids is 1. The first-order chi connectivity index (χ1) is 14.0. The molecule has 8 heteroatoms. The fraction of sp³-hybridized carbons (Fsp3) is 0.524. The molecule has 2 aromatic rings. The van der Waals surface area contributed by atoms with Crippen molar-refractivity contribution >= 4 is 23.5 Å². The Bertz CT molecular complexity index is 869.